The zero-order valence-corrected chi connectivity index (χ0v) is 43.1. The van der Waals surface area contributed by atoms with Crippen LogP contribution in [0.5, 0.6) is 0 Å². The summed E-state index contributed by atoms with van der Waals surface area (Å²) in [7, 11) is 0. The number of ketones is 1. The van der Waals surface area contributed by atoms with Crippen molar-refractivity contribution in [2.45, 2.75) is 148 Å². The Hall–Kier alpha value is -7.50. The molecule has 1 aliphatic rings. The van der Waals surface area contributed by atoms with Crippen LogP contribution in [0.15, 0.2) is 103 Å². The molecule has 0 aliphatic carbocycles. The lowest BCUT2D eigenvalue weighted by atomic mass is 9.77. The molecule has 4 rings (SSSR count). The van der Waals surface area contributed by atoms with Gasteiger partial charge in [0.05, 0.1) is 6.42 Å². The zero-order chi connectivity index (χ0) is 53.9. The van der Waals surface area contributed by atoms with Crippen molar-refractivity contribution in [1.82, 2.24) is 36.8 Å². The third-order valence-electron chi connectivity index (χ3n) is 11.8. The predicted molar refractivity (Wildman–Crippen MR) is 273 cm³/mol. The van der Waals surface area contributed by atoms with Gasteiger partial charge >= 0.3 is 5.97 Å². The van der Waals surface area contributed by atoms with Crippen LogP contribution in [0.4, 0.5) is 0 Å². The summed E-state index contributed by atoms with van der Waals surface area (Å²) < 4.78 is 5.64. The molecule has 0 saturated heterocycles. The number of hydrogen-bond acceptors (Lipinski definition) is 11. The monoisotopic (exact) mass is 1010 g/mol. The highest BCUT2D eigenvalue weighted by molar-refractivity contribution is 6.12. The second-order valence-corrected chi connectivity index (χ2v) is 19.7. The van der Waals surface area contributed by atoms with Gasteiger partial charge in [-0.15, -0.1) is 0 Å². The first kappa shape index (κ1) is 58.1. The van der Waals surface area contributed by atoms with Gasteiger partial charge in [0, 0.05) is 31.5 Å². The number of Topliss-reactive ketones (excluding diaryl/α,β-unsaturated/α-hetero) is 1. The second kappa shape index (κ2) is 27.4. The Bertz CT molecular complexity index is 2340. The number of rotatable bonds is 27. The van der Waals surface area contributed by atoms with Crippen LogP contribution in [0, 0.1) is 5.92 Å². The third kappa shape index (κ3) is 17.9. The van der Waals surface area contributed by atoms with Crippen LogP contribution in [0.25, 0.3) is 0 Å². The van der Waals surface area contributed by atoms with E-state index in [0.717, 1.165) is 4.90 Å². The van der Waals surface area contributed by atoms with Gasteiger partial charge in [-0.1, -0.05) is 111 Å². The van der Waals surface area contributed by atoms with Gasteiger partial charge in [0.25, 0.3) is 11.8 Å². The molecule has 3 aromatic rings. The molecule has 0 fully saturated rings. The van der Waals surface area contributed by atoms with Crippen LogP contribution in [0.3, 0.4) is 0 Å². The van der Waals surface area contributed by atoms with E-state index in [1.54, 1.807) is 20.8 Å². The van der Waals surface area contributed by atoms with Gasteiger partial charge < -0.3 is 41.4 Å². The Kier molecular flexibility index (Phi) is 21.8. The molecule has 0 bridgehead atoms. The summed E-state index contributed by atoms with van der Waals surface area (Å²) in [5.74, 6) is -6.25. The number of nitrogens with one attached hydrogen (secondary N) is 6. The van der Waals surface area contributed by atoms with E-state index in [-0.39, 0.29) is 43.9 Å². The molecule has 1 aliphatic heterocycles. The van der Waals surface area contributed by atoms with E-state index in [0.29, 0.717) is 36.0 Å². The quantitative estimate of drug-likeness (QED) is 0.0273. The Morgan fingerprint density at radius 2 is 1.01 bits per heavy atom. The fourth-order valence-electron chi connectivity index (χ4n) is 8.11. The Morgan fingerprint density at radius 3 is 1.49 bits per heavy atom. The molecule has 0 unspecified atom stereocenters. The first-order valence-electron chi connectivity index (χ1n) is 24.7. The summed E-state index contributed by atoms with van der Waals surface area (Å²) in [6.45, 7) is 13.0. The maximum Gasteiger partial charge on any atom is 0.329 e. The zero-order valence-electron chi connectivity index (χ0n) is 43.1. The van der Waals surface area contributed by atoms with E-state index in [1.807, 2.05) is 105 Å². The minimum atomic E-state index is -1.59. The fraction of sp³-hybridized carbons (Fsp3) is 0.455. The topological polar surface area (TPSA) is 255 Å². The van der Waals surface area contributed by atoms with Crippen molar-refractivity contribution in [2.24, 2.45) is 5.92 Å². The SMILES string of the molecule is CC(=O)CC[C@H](NC(=O)CCCCCN1C(=O)C=CC1=O)C(=O)N[C@@H](C)C(=O)N[C@@H](C)C(=O)N[C@@H](CC(=O)NC(c1ccccc1)(c1ccccc1)c1ccccc1)C(=O)N[C@@H](CC(C)C)C(=O)OC(C)(C)C. The van der Waals surface area contributed by atoms with Crippen LogP contribution >= 0.6 is 0 Å². The minimum Gasteiger partial charge on any atom is -0.458 e. The Labute approximate surface area is 427 Å². The molecule has 73 heavy (non-hydrogen) atoms. The molecule has 0 aromatic heterocycles. The van der Waals surface area contributed by atoms with Gasteiger partial charge in [0.1, 0.15) is 47.1 Å². The van der Waals surface area contributed by atoms with E-state index < -0.39 is 101 Å². The number of esters is 1. The van der Waals surface area contributed by atoms with Crippen molar-refractivity contribution >= 4 is 59.0 Å². The molecular formula is C55H71N7O11. The van der Waals surface area contributed by atoms with Gasteiger partial charge in [-0.25, -0.2) is 4.79 Å². The van der Waals surface area contributed by atoms with Gasteiger partial charge in [-0.05, 0) is 89.8 Å². The lowest BCUT2D eigenvalue weighted by Gasteiger charge is -2.37. The highest BCUT2D eigenvalue weighted by Crippen LogP contribution is 2.37. The number of unbranched alkanes of at least 4 members (excludes halogenated alkanes) is 2. The molecule has 392 valence electrons. The van der Waals surface area contributed by atoms with Crippen LogP contribution in [-0.2, 0) is 58.2 Å². The number of carbonyl (C=O) groups is 10. The standard InChI is InChI=1S/C55H71N7O11/c1-35(2)33-44(53(72)73-54(6,7)8)60-52(71)43(34-46(65)61-55(39-21-13-9-14-22-39,40-23-15-10-16-24-40)41-25-17-11-18-26-41)59-50(69)38(5)56-49(68)37(4)57-51(70)42(29-28-36(3)63)58-45(64)27-19-12-20-32-62-47(66)30-31-48(62)67/h9-11,13-18,21-26,30-31,35,37-38,42-44H,12,19-20,27-29,32-34H2,1-8H3,(H,56,68)(H,57,70)(H,58,64)(H,59,69)(H,60,71)(H,61,65)/t37-,38-,42-,43-,44-/m0/s1. The average molecular weight is 1010 g/mol. The molecule has 18 heteroatoms. The van der Waals surface area contributed by atoms with Gasteiger partial charge in [-0.3, -0.25) is 43.3 Å². The molecule has 5 atom stereocenters. The minimum absolute atomic E-state index is 0.0146. The summed E-state index contributed by atoms with van der Waals surface area (Å²) >= 11 is 0. The Morgan fingerprint density at radius 1 is 0.548 bits per heavy atom. The maximum atomic E-state index is 14.6. The summed E-state index contributed by atoms with van der Waals surface area (Å²) in [5, 5.41) is 16.2. The van der Waals surface area contributed by atoms with Crippen molar-refractivity contribution in [2.75, 3.05) is 6.54 Å². The molecule has 0 spiro atoms. The maximum absolute atomic E-state index is 14.6. The van der Waals surface area contributed by atoms with E-state index >= 15 is 0 Å². The highest BCUT2D eigenvalue weighted by atomic mass is 16.6. The summed E-state index contributed by atoms with van der Waals surface area (Å²) in [5.41, 5.74) is -0.0621. The van der Waals surface area contributed by atoms with Crippen LogP contribution < -0.4 is 31.9 Å². The van der Waals surface area contributed by atoms with E-state index in [4.69, 9.17) is 4.74 Å². The van der Waals surface area contributed by atoms with E-state index in [9.17, 15) is 47.9 Å². The Balaban J connectivity index is 1.51. The predicted octanol–water partition coefficient (Wildman–Crippen LogP) is 4.19. The summed E-state index contributed by atoms with van der Waals surface area (Å²) in [6.07, 6.45) is 3.24. The highest BCUT2D eigenvalue weighted by Gasteiger charge is 2.40. The molecule has 18 nitrogen and oxygen atoms in total. The molecule has 3 aromatic carbocycles. The molecule has 0 saturated carbocycles. The lowest BCUT2D eigenvalue weighted by molar-refractivity contribution is -0.159. The first-order chi connectivity index (χ1) is 34.5. The summed E-state index contributed by atoms with van der Waals surface area (Å²) in [6, 6.07) is 21.3. The number of imide groups is 1. The van der Waals surface area contributed by atoms with Crippen molar-refractivity contribution in [1.29, 1.82) is 0 Å². The third-order valence-corrected chi connectivity index (χ3v) is 11.8. The van der Waals surface area contributed by atoms with Crippen LogP contribution in [0.2, 0.25) is 0 Å². The van der Waals surface area contributed by atoms with E-state index in [2.05, 4.69) is 31.9 Å². The number of benzene rings is 3. The average Bonchev–Trinajstić information content (AvgIpc) is 3.66. The molecule has 8 amide bonds. The summed E-state index contributed by atoms with van der Waals surface area (Å²) in [4.78, 5) is 133. The van der Waals surface area contributed by atoms with Crippen molar-refractivity contribution in [3.8, 4) is 0 Å². The second-order valence-electron chi connectivity index (χ2n) is 19.7. The van der Waals surface area contributed by atoms with Crippen molar-refractivity contribution in [3.63, 3.8) is 0 Å². The molecule has 6 N–H and O–H groups in total. The lowest BCUT2D eigenvalue weighted by Crippen LogP contribution is -2.59. The van der Waals surface area contributed by atoms with Gasteiger partial charge in [-0.2, -0.15) is 0 Å². The van der Waals surface area contributed by atoms with Gasteiger partial charge in [0.2, 0.25) is 35.4 Å². The molecule has 1 heterocycles. The molecular weight excluding hydrogens is 935 g/mol. The number of carbonyl (C=O) groups excluding carboxylic acids is 10. The normalized spacial score (nSPS) is 14.5. The fourth-order valence-corrected chi connectivity index (χ4v) is 8.11. The number of hydrogen-bond donors (Lipinski definition) is 6. The number of ether oxygens (including phenoxy) is 1. The number of amides is 8. The smallest absolute Gasteiger partial charge is 0.329 e. The largest absolute Gasteiger partial charge is 0.458 e. The van der Waals surface area contributed by atoms with E-state index in [1.165, 1.54) is 32.9 Å². The van der Waals surface area contributed by atoms with Crippen molar-refractivity contribution in [3.05, 3.63) is 120 Å². The first-order valence-corrected chi connectivity index (χ1v) is 24.7. The number of nitrogens with zero attached hydrogens (tertiary/aromatic N) is 1. The van der Waals surface area contributed by atoms with Gasteiger partial charge in [0.15, 0.2) is 0 Å². The van der Waals surface area contributed by atoms with Crippen LogP contribution in [-0.4, -0.2) is 106 Å². The molecule has 0 radical (unpaired) electrons. The van der Waals surface area contributed by atoms with Crippen LogP contribution in [0.1, 0.15) is 123 Å². The van der Waals surface area contributed by atoms with Crippen molar-refractivity contribution < 1.29 is 52.7 Å².